The summed E-state index contributed by atoms with van der Waals surface area (Å²) in [5.41, 5.74) is 0.503. The molecule has 0 radical (unpaired) electrons. The van der Waals surface area contributed by atoms with E-state index in [1.54, 1.807) is 6.07 Å². The van der Waals surface area contributed by atoms with E-state index < -0.39 is 21.5 Å². The van der Waals surface area contributed by atoms with Gasteiger partial charge in [-0.25, -0.2) is 8.42 Å². The molecule has 0 aliphatic heterocycles. The number of halogens is 2. The molecule has 0 heterocycles. The second-order valence-corrected chi connectivity index (χ2v) is 6.33. The predicted molar refractivity (Wildman–Crippen MR) is 68.0 cm³/mol. The molecular formula is C10H11Cl2NO3S. The van der Waals surface area contributed by atoms with Crippen LogP contribution in [0.2, 0.25) is 10.0 Å². The van der Waals surface area contributed by atoms with Gasteiger partial charge in [0.15, 0.2) is 9.84 Å². The maximum Gasteiger partial charge on any atom is 0.234 e. The Bertz CT molecular complexity index is 528. The fourth-order valence-corrected chi connectivity index (χ4v) is 2.86. The average Bonchev–Trinajstić information content (AvgIpc) is 2.22. The Labute approximate surface area is 110 Å². The molecule has 0 aromatic heterocycles. The van der Waals surface area contributed by atoms with Gasteiger partial charge in [0, 0.05) is 7.05 Å². The van der Waals surface area contributed by atoms with Crippen molar-refractivity contribution in [2.24, 2.45) is 0 Å². The lowest BCUT2D eigenvalue weighted by molar-refractivity contribution is -0.118. The highest BCUT2D eigenvalue weighted by Crippen LogP contribution is 2.23. The molecule has 0 saturated heterocycles. The first-order valence-electron chi connectivity index (χ1n) is 4.69. The third-order valence-electron chi connectivity index (χ3n) is 2.00. The Hall–Kier alpha value is -0.780. The average molecular weight is 296 g/mol. The van der Waals surface area contributed by atoms with Crippen LogP contribution in [0.3, 0.4) is 0 Å². The van der Waals surface area contributed by atoms with Crippen molar-refractivity contribution < 1.29 is 13.2 Å². The maximum absolute atomic E-state index is 11.6. The van der Waals surface area contributed by atoms with Crippen LogP contribution in [0, 0.1) is 0 Å². The fourth-order valence-electron chi connectivity index (χ4n) is 1.21. The van der Waals surface area contributed by atoms with Gasteiger partial charge in [0.25, 0.3) is 0 Å². The van der Waals surface area contributed by atoms with Crippen LogP contribution in [-0.2, 0) is 20.4 Å². The zero-order valence-corrected chi connectivity index (χ0v) is 11.4. The summed E-state index contributed by atoms with van der Waals surface area (Å²) in [6.07, 6.45) is 0. The minimum Gasteiger partial charge on any atom is -0.358 e. The summed E-state index contributed by atoms with van der Waals surface area (Å²) in [5.74, 6) is -1.31. The van der Waals surface area contributed by atoms with E-state index in [-0.39, 0.29) is 5.75 Å². The SMILES string of the molecule is CNC(=O)CS(=O)(=O)Cc1ccc(Cl)c(Cl)c1. The van der Waals surface area contributed by atoms with Crippen LogP contribution >= 0.6 is 23.2 Å². The molecular weight excluding hydrogens is 285 g/mol. The van der Waals surface area contributed by atoms with Crippen molar-refractivity contribution in [3.05, 3.63) is 33.8 Å². The standard InChI is InChI=1S/C10H11Cl2NO3S/c1-13-10(14)6-17(15,16)5-7-2-3-8(11)9(12)4-7/h2-4H,5-6H2,1H3,(H,13,14). The molecule has 4 nitrogen and oxygen atoms in total. The molecule has 0 spiro atoms. The number of sulfone groups is 1. The molecule has 0 aliphatic rings. The molecule has 94 valence electrons. The van der Waals surface area contributed by atoms with Crippen LogP contribution < -0.4 is 5.32 Å². The van der Waals surface area contributed by atoms with Gasteiger partial charge in [0.1, 0.15) is 5.75 Å². The van der Waals surface area contributed by atoms with E-state index in [1.807, 2.05) is 0 Å². The molecule has 0 bridgehead atoms. The van der Waals surface area contributed by atoms with Crippen molar-refractivity contribution in [2.45, 2.75) is 5.75 Å². The number of carbonyl (C=O) groups excluding carboxylic acids is 1. The zero-order chi connectivity index (χ0) is 13.1. The smallest absolute Gasteiger partial charge is 0.234 e. The highest BCUT2D eigenvalue weighted by Gasteiger charge is 2.16. The minimum atomic E-state index is -3.49. The highest BCUT2D eigenvalue weighted by atomic mass is 35.5. The Morgan fingerprint density at radius 2 is 1.94 bits per heavy atom. The summed E-state index contributed by atoms with van der Waals surface area (Å²) < 4.78 is 23.3. The second-order valence-electron chi connectivity index (χ2n) is 3.45. The predicted octanol–water partition coefficient (Wildman–Crippen LogP) is 1.65. The Balaban J connectivity index is 2.83. The second kappa shape index (κ2) is 5.71. The number of rotatable bonds is 4. The van der Waals surface area contributed by atoms with E-state index in [0.717, 1.165) is 0 Å². The van der Waals surface area contributed by atoms with Crippen LogP contribution in [0.4, 0.5) is 0 Å². The third-order valence-corrected chi connectivity index (χ3v) is 4.21. The fraction of sp³-hybridized carbons (Fsp3) is 0.300. The third kappa shape index (κ3) is 4.53. The van der Waals surface area contributed by atoms with E-state index in [1.165, 1.54) is 19.2 Å². The van der Waals surface area contributed by atoms with Gasteiger partial charge in [-0.2, -0.15) is 0 Å². The molecule has 0 atom stereocenters. The molecule has 0 aliphatic carbocycles. The van der Waals surface area contributed by atoms with Gasteiger partial charge in [0.05, 0.1) is 15.8 Å². The molecule has 1 aromatic rings. The number of carbonyl (C=O) groups is 1. The van der Waals surface area contributed by atoms with E-state index in [9.17, 15) is 13.2 Å². The van der Waals surface area contributed by atoms with Gasteiger partial charge < -0.3 is 5.32 Å². The summed E-state index contributed by atoms with van der Waals surface area (Å²) in [5, 5.41) is 2.91. The van der Waals surface area contributed by atoms with Gasteiger partial charge in [-0.05, 0) is 17.7 Å². The lowest BCUT2D eigenvalue weighted by Gasteiger charge is -2.05. The molecule has 1 amide bonds. The normalized spacial score (nSPS) is 11.2. The van der Waals surface area contributed by atoms with Crippen LogP contribution in [0.5, 0.6) is 0 Å². The lowest BCUT2D eigenvalue weighted by Crippen LogP contribution is -2.27. The summed E-state index contributed by atoms with van der Waals surface area (Å²) in [6.45, 7) is 0. The van der Waals surface area contributed by atoms with Gasteiger partial charge in [-0.15, -0.1) is 0 Å². The molecule has 0 unspecified atom stereocenters. The lowest BCUT2D eigenvalue weighted by atomic mass is 10.2. The van der Waals surface area contributed by atoms with E-state index in [2.05, 4.69) is 5.32 Å². The number of hydrogen-bond donors (Lipinski definition) is 1. The van der Waals surface area contributed by atoms with E-state index in [0.29, 0.717) is 15.6 Å². The van der Waals surface area contributed by atoms with Crippen LogP contribution in [-0.4, -0.2) is 27.1 Å². The number of amides is 1. The summed E-state index contributed by atoms with van der Waals surface area (Å²) in [7, 11) is -2.10. The number of benzene rings is 1. The molecule has 1 N–H and O–H groups in total. The quantitative estimate of drug-likeness (QED) is 0.919. The van der Waals surface area contributed by atoms with Crippen molar-refractivity contribution in [1.82, 2.24) is 5.32 Å². The molecule has 1 rings (SSSR count). The molecule has 17 heavy (non-hydrogen) atoms. The summed E-state index contributed by atoms with van der Waals surface area (Å²) in [4.78, 5) is 11.0. The van der Waals surface area contributed by atoms with E-state index >= 15 is 0 Å². The monoisotopic (exact) mass is 295 g/mol. The van der Waals surface area contributed by atoms with Crippen molar-refractivity contribution in [3.8, 4) is 0 Å². The number of nitrogens with one attached hydrogen (secondary N) is 1. The van der Waals surface area contributed by atoms with Crippen LogP contribution in [0.15, 0.2) is 18.2 Å². The first-order chi connectivity index (χ1) is 7.84. The summed E-state index contributed by atoms with van der Waals surface area (Å²) in [6, 6.07) is 4.57. The summed E-state index contributed by atoms with van der Waals surface area (Å²) >= 11 is 11.5. The highest BCUT2D eigenvalue weighted by molar-refractivity contribution is 7.91. The van der Waals surface area contributed by atoms with Crippen molar-refractivity contribution >= 4 is 38.9 Å². The first-order valence-corrected chi connectivity index (χ1v) is 7.27. The number of hydrogen-bond acceptors (Lipinski definition) is 3. The van der Waals surface area contributed by atoms with Gasteiger partial charge in [0.2, 0.25) is 5.91 Å². The molecule has 7 heteroatoms. The van der Waals surface area contributed by atoms with Gasteiger partial charge in [-0.1, -0.05) is 29.3 Å². The topological polar surface area (TPSA) is 63.2 Å². The molecule has 0 fully saturated rings. The minimum absolute atomic E-state index is 0.239. The zero-order valence-electron chi connectivity index (χ0n) is 9.04. The Morgan fingerprint density at radius 3 is 2.47 bits per heavy atom. The maximum atomic E-state index is 11.6. The molecule has 1 aromatic carbocycles. The van der Waals surface area contributed by atoms with Gasteiger partial charge in [-0.3, -0.25) is 4.79 Å². The molecule has 0 saturated carbocycles. The van der Waals surface area contributed by atoms with Crippen molar-refractivity contribution in [2.75, 3.05) is 12.8 Å². The first kappa shape index (κ1) is 14.3. The van der Waals surface area contributed by atoms with Gasteiger partial charge >= 0.3 is 0 Å². The largest absolute Gasteiger partial charge is 0.358 e. The Morgan fingerprint density at radius 1 is 1.29 bits per heavy atom. The van der Waals surface area contributed by atoms with Crippen molar-refractivity contribution in [3.63, 3.8) is 0 Å². The Kier molecular flexibility index (Phi) is 4.80. The van der Waals surface area contributed by atoms with E-state index in [4.69, 9.17) is 23.2 Å². The van der Waals surface area contributed by atoms with Crippen molar-refractivity contribution in [1.29, 1.82) is 0 Å². The van der Waals surface area contributed by atoms with Crippen LogP contribution in [0.1, 0.15) is 5.56 Å². The van der Waals surface area contributed by atoms with Crippen LogP contribution in [0.25, 0.3) is 0 Å².